The van der Waals surface area contributed by atoms with Crippen LogP contribution in [-0.4, -0.2) is 34.0 Å². The van der Waals surface area contributed by atoms with E-state index in [0.29, 0.717) is 31.3 Å². The molecule has 2 N–H and O–H groups in total. The van der Waals surface area contributed by atoms with E-state index in [4.69, 9.17) is 4.74 Å². The van der Waals surface area contributed by atoms with Gasteiger partial charge >= 0.3 is 5.97 Å². The van der Waals surface area contributed by atoms with Crippen LogP contribution in [0.5, 0.6) is 0 Å². The van der Waals surface area contributed by atoms with Gasteiger partial charge in [-0.1, -0.05) is 13.5 Å². The molecule has 0 heterocycles. The summed E-state index contributed by atoms with van der Waals surface area (Å²) in [6, 6.07) is 0. The van der Waals surface area contributed by atoms with Gasteiger partial charge in [-0.2, -0.15) is 0 Å². The molecule has 1 rings (SSSR count). The fraction of sp³-hybridized carbons (Fsp3) is 0.786. The summed E-state index contributed by atoms with van der Waals surface area (Å²) in [7, 11) is 0. The van der Waals surface area contributed by atoms with Gasteiger partial charge in [-0.15, -0.1) is 0 Å². The molecule has 0 radical (unpaired) electrons. The Morgan fingerprint density at radius 3 is 2.56 bits per heavy atom. The fourth-order valence-electron chi connectivity index (χ4n) is 2.97. The van der Waals surface area contributed by atoms with Crippen molar-refractivity contribution in [1.29, 1.82) is 0 Å². The third-order valence-corrected chi connectivity index (χ3v) is 3.38. The number of rotatable bonds is 4. The second kappa shape index (κ2) is 5.41. The highest BCUT2D eigenvalue weighted by Gasteiger charge is 2.42. The van der Waals surface area contributed by atoms with Crippen LogP contribution < -0.4 is 0 Å². The van der Waals surface area contributed by atoms with E-state index in [-0.39, 0.29) is 12.5 Å². The topological polar surface area (TPSA) is 66.8 Å². The Balaban J connectivity index is 2.49. The molecule has 0 aliphatic heterocycles. The first-order chi connectivity index (χ1) is 8.14. The zero-order chi connectivity index (χ0) is 14.0. The van der Waals surface area contributed by atoms with Gasteiger partial charge < -0.3 is 14.9 Å². The molecule has 1 saturated carbocycles. The van der Waals surface area contributed by atoms with Crippen LogP contribution in [0.4, 0.5) is 0 Å². The minimum absolute atomic E-state index is 0.158. The zero-order valence-corrected chi connectivity index (χ0v) is 11.5. The van der Waals surface area contributed by atoms with Gasteiger partial charge in [0.25, 0.3) is 0 Å². The van der Waals surface area contributed by atoms with E-state index in [1.165, 1.54) is 0 Å². The summed E-state index contributed by atoms with van der Waals surface area (Å²) in [6.07, 6.45) is 2.01. The number of hydrogen-bond donors (Lipinski definition) is 2. The Morgan fingerprint density at radius 2 is 2.06 bits per heavy atom. The molecule has 0 aromatic rings. The molecule has 18 heavy (non-hydrogen) atoms. The molecule has 4 heteroatoms. The van der Waals surface area contributed by atoms with Crippen LogP contribution in [0.1, 0.15) is 46.5 Å². The standard InChI is InChI=1S/C14H24O4/c1-10(2)12(15)18-6-5-14(17)8-11(3)7-13(4,16)9-14/h11,16-17H,1,5-9H2,2-4H3. The molecule has 0 bridgehead atoms. The molecule has 3 unspecified atom stereocenters. The SMILES string of the molecule is C=C(C)C(=O)OCCC1(O)CC(C)CC(C)(O)C1. The van der Waals surface area contributed by atoms with Gasteiger partial charge in [-0.3, -0.25) is 0 Å². The molecule has 104 valence electrons. The predicted octanol–water partition coefficient (Wildman–Crippen LogP) is 1.80. The van der Waals surface area contributed by atoms with Crippen LogP contribution in [0.15, 0.2) is 12.2 Å². The van der Waals surface area contributed by atoms with Crippen molar-refractivity contribution in [2.75, 3.05) is 6.61 Å². The molecular formula is C14H24O4. The second-order valence-electron chi connectivity index (χ2n) is 6.08. The molecular weight excluding hydrogens is 232 g/mol. The molecule has 1 aliphatic rings. The van der Waals surface area contributed by atoms with Crippen LogP contribution >= 0.6 is 0 Å². The zero-order valence-electron chi connectivity index (χ0n) is 11.5. The van der Waals surface area contributed by atoms with Gasteiger partial charge in [0, 0.05) is 18.4 Å². The molecule has 4 nitrogen and oxygen atoms in total. The summed E-state index contributed by atoms with van der Waals surface area (Å²) in [5.41, 5.74) is -1.44. The van der Waals surface area contributed by atoms with Crippen molar-refractivity contribution >= 4 is 5.97 Å². The van der Waals surface area contributed by atoms with Crippen molar-refractivity contribution in [3.8, 4) is 0 Å². The van der Waals surface area contributed by atoms with Gasteiger partial charge in [0.15, 0.2) is 0 Å². The van der Waals surface area contributed by atoms with E-state index < -0.39 is 17.2 Å². The average molecular weight is 256 g/mol. The second-order valence-corrected chi connectivity index (χ2v) is 6.08. The molecule has 0 saturated heterocycles. The lowest BCUT2D eigenvalue weighted by Crippen LogP contribution is -2.47. The first-order valence-electron chi connectivity index (χ1n) is 6.41. The molecule has 3 atom stereocenters. The van der Waals surface area contributed by atoms with Crippen molar-refractivity contribution < 1.29 is 19.7 Å². The minimum atomic E-state index is -0.948. The quantitative estimate of drug-likeness (QED) is 0.594. The maximum Gasteiger partial charge on any atom is 0.333 e. The minimum Gasteiger partial charge on any atom is -0.462 e. The number of hydrogen-bond acceptors (Lipinski definition) is 4. The first kappa shape index (κ1) is 15.2. The van der Waals surface area contributed by atoms with E-state index in [9.17, 15) is 15.0 Å². The number of aliphatic hydroxyl groups is 2. The van der Waals surface area contributed by atoms with Crippen LogP contribution in [0.25, 0.3) is 0 Å². The van der Waals surface area contributed by atoms with E-state index in [2.05, 4.69) is 6.58 Å². The first-order valence-corrected chi connectivity index (χ1v) is 6.41. The Bertz CT molecular complexity index is 335. The molecule has 0 aromatic carbocycles. The Labute approximate surface area is 109 Å². The van der Waals surface area contributed by atoms with Gasteiger partial charge in [0.2, 0.25) is 0 Å². The fourth-order valence-corrected chi connectivity index (χ4v) is 2.97. The number of carbonyl (C=O) groups is 1. The highest BCUT2D eigenvalue weighted by atomic mass is 16.5. The number of ether oxygens (including phenoxy) is 1. The average Bonchev–Trinajstić information content (AvgIpc) is 2.12. The third-order valence-electron chi connectivity index (χ3n) is 3.38. The largest absolute Gasteiger partial charge is 0.462 e. The summed E-state index contributed by atoms with van der Waals surface area (Å²) in [4.78, 5) is 11.2. The lowest BCUT2D eigenvalue weighted by atomic mass is 9.70. The lowest BCUT2D eigenvalue weighted by molar-refractivity contribution is -0.144. The van der Waals surface area contributed by atoms with Crippen molar-refractivity contribution in [2.45, 2.75) is 57.7 Å². The Hall–Kier alpha value is -0.870. The smallest absolute Gasteiger partial charge is 0.333 e. The van der Waals surface area contributed by atoms with E-state index in [1.54, 1.807) is 13.8 Å². The van der Waals surface area contributed by atoms with E-state index in [1.807, 2.05) is 6.92 Å². The van der Waals surface area contributed by atoms with Crippen molar-refractivity contribution in [3.05, 3.63) is 12.2 Å². The Morgan fingerprint density at radius 1 is 1.44 bits per heavy atom. The lowest BCUT2D eigenvalue weighted by Gasteiger charge is -2.43. The van der Waals surface area contributed by atoms with Crippen LogP contribution in [0.3, 0.4) is 0 Å². The summed E-state index contributed by atoms with van der Waals surface area (Å²) in [6.45, 7) is 9.00. The number of carbonyl (C=O) groups excluding carboxylic acids is 1. The maximum atomic E-state index is 11.2. The van der Waals surface area contributed by atoms with Gasteiger partial charge in [-0.05, 0) is 32.6 Å². The molecule has 0 aromatic heterocycles. The number of esters is 1. The molecule has 0 amide bonds. The van der Waals surface area contributed by atoms with Gasteiger partial charge in [-0.25, -0.2) is 4.79 Å². The van der Waals surface area contributed by atoms with Crippen LogP contribution in [0.2, 0.25) is 0 Å². The molecule has 0 spiro atoms. The molecule has 1 aliphatic carbocycles. The van der Waals surface area contributed by atoms with E-state index >= 15 is 0 Å². The van der Waals surface area contributed by atoms with Crippen LogP contribution in [0, 0.1) is 5.92 Å². The van der Waals surface area contributed by atoms with Gasteiger partial charge in [0.1, 0.15) is 0 Å². The van der Waals surface area contributed by atoms with E-state index in [0.717, 1.165) is 0 Å². The van der Waals surface area contributed by atoms with Gasteiger partial charge in [0.05, 0.1) is 17.8 Å². The normalized spacial score (nSPS) is 36.2. The summed E-state index contributed by atoms with van der Waals surface area (Å²) in [5, 5.41) is 20.6. The monoisotopic (exact) mass is 256 g/mol. The van der Waals surface area contributed by atoms with Crippen LogP contribution in [-0.2, 0) is 9.53 Å². The van der Waals surface area contributed by atoms with Crippen molar-refractivity contribution in [2.24, 2.45) is 5.92 Å². The van der Waals surface area contributed by atoms with Crippen molar-refractivity contribution in [3.63, 3.8) is 0 Å². The highest BCUT2D eigenvalue weighted by molar-refractivity contribution is 5.86. The third kappa shape index (κ3) is 4.42. The highest BCUT2D eigenvalue weighted by Crippen LogP contribution is 2.40. The maximum absolute atomic E-state index is 11.2. The summed E-state index contributed by atoms with van der Waals surface area (Å²) < 4.78 is 4.99. The Kier molecular flexibility index (Phi) is 4.56. The predicted molar refractivity (Wildman–Crippen MR) is 69.0 cm³/mol. The van der Waals surface area contributed by atoms with Crippen molar-refractivity contribution in [1.82, 2.24) is 0 Å². The molecule has 1 fully saturated rings. The summed E-state index contributed by atoms with van der Waals surface area (Å²) in [5.74, 6) is -0.176. The summed E-state index contributed by atoms with van der Waals surface area (Å²) >= 11 is 0.